The summed E-state index contributed by atoms with van der Waals surface area (Å²) in [4.78, 5) is 35.9. The number of fused-ring (bicyclic) bond motifs is 1. The predicted molar refractivity (Wildman–Crippen MR) is 133 cm³/mol. The van der Waals surface area contributed by atoms with Crippen molar-refractivity contribution in [3.63, 3.8) is 0 Å². The fraction of sp³-hybridized carbons (Fsp3) is 0.208. The third-order valence-electron chi connectivity index (χ3n) is 5.67. The third-order valence-corrected chi connectivity index (χ3v) is 6.22. The van der Waals surface area contributed by atoms with Crippen molar-refractivity contribution in [3.8, 4) is 0 Å². The van der Waals surface area contributed by atoms with Crippen molar-refractivity contribution in [1.82, 2.24) is 5.43 Å². The van der Waals surface area contributed by atoms with E-state index < -0.39 is 16.7 Å². The van der Waals surface area contributed by atoms with Crippen LogP contribution in [0.3, 0.4) is 0 Å². The van der Waals surface area contributed by atoms with Gasteiger partial charge in [-0.25, -0.2) is 5.43 Å². The van der Waals surface area contributed by atoms with Gasteiger partial charge in [-0.15, -0.1) is 0 Å². The average molecular weight is 515 g/mol. The van der Waals surface area contributed by atoms with Gasteiger partial charge in [-0.3, -0.25) is 19.7 Å². The van der Waals surface area contributed by atoms with E-state index in [1.165, 1.54) is 12.1 Å². The van der Waals surface area contributed by atoms with Crippen molar-refractivity contribution in [2.24, 2.45) is 5.10 Å². The summed E-state index contributed by atoms with van der Waals surface area (Å²) in [7, 11) is 0. The predicted octanol–water partition coefficient (Wildman–Crippen LogP) is 5.83. The summed E-state index contributed by atoms with van der Waals surface area (Å²) in [6.45, 7) is 3.60. The van der Waals surface area contributed by atoms with E-state index in [9.17, 15) is 19.7 Å². The number of carbonyl (C=O) groups is 2. The normalized spacial score (nSPS) is 13.9. The molecule has 0 unspecified atom stereocenters. The van der Waals surface area contributed by atoms with Crippen LogP contribution in [0.2, 0.25) is 10.0 Å². The molecule has 4 rings (SSSR count). The topological polar surface area (TPSA) is 127 Å². The lowest BCUT2D eigenvalue weighted by atomic mass is 9.93. The Morgan fingerprint density at radius 3 is 2.57 bits per heavy atom. The minimum absolute atomic E-state index is 0.0452. The number of halogens is 2. The lowest BCUT2D eigenvalue weighted by Gasteiger charge is -2.13. The molecule has 1 heterocycles. The zero-order valence-corrected chi connectivity index (χ0v) is 20.3. The minimum atomic E-state index is -0.661. The summed E-state index contributed by atoms with van der Waals surface area (Å²) in [6, 6.07) is 8.91. The first-order valence-electron chi connectivity index (χ1n) is 10.7. The molecule has 0 fully saturated rings. The minimum Gasteiger partial charge on any atom is -0.455 e. The van der Waals surface area contributed by atoms with Crippen molar-refractivity contribution >= 4 is 52.1 Å². The molecule has 1 aromatic heterocycles. The highest BCUT2D eigenvalue weighted by molar-refractivity contribution is 6.32. The number of furan rings is 1. The molecule has 9 nitrogen and oxygen atoms in total. The highest BCUT2D eigenvalue weighted by atomic mass is 35.5. The average Bonchev–Trinajstić information content (AvgIpc) is 3.16. The van der Waals surface area contributed by atoms with Crippen LogP contribution in [-0.4, -0.2) is 22.4 Å². The summed E-state index contributed by atoms with van der Waals surface area (Å²) >= 11 is 11.8. The van der Waals surface area contributed by atoms with E-state index in [0.29, 0.717) is 46.2 Å². The molecule has 0 saturated heterocycles. The SMILES string of the molecule is Cc1cc(Cl)ccc1NC(=O)c1oc2c(c1C)/C(=N/NC(=O)c1ccc(Cl)c([N+](=O)[O-])c1)CCC2. The molecule has 1 aliphatic rings. The highest BCUT2D eigenvalue weighted by Crippen LogP contribution is 2.31. The number of nitrogens with zero attached hydrogens (tertiary/aromatic N) is 2. The van der Waals surface area contributed by atoms with E-state index in [-0.39, 0.29) is 22.0 Å². The number of amides is 2. The van der Waals surface area contributed by atoms with E-state index >= 15 is 0 Å². The van der Waals surface area contributed by atoms with Gasteiger partial charge in [0.2, 0.25) is 0 Å². The van der Waals surface area contributed by atoms with Gasteiger partial charge in [0.1, 0.15) is 10.8 Å². The van der Waals surface area contributed by atoms with Crippen LogP contribution < -0.4 is 10.7 Å². The molecular weight excluding hydrogens is 495 g/mol. The Balaban J connectivity index is 1.57. The molecular formula is C24H20Cl2N4O5. The second kappa shape index (κ2) is 9.89. The van der Waals surface area contributed by atoms with E-state index in [4.69, 9.17) is 27.6 Å². The molecule has 0 saturated carbocycles. The number of anilines is 1. The Bertz CT molecular complexity index is 1400. The second-order valence-electron chi connectivity index (χ2n) is 8.04. The molecule has 2 N–H and O–H groups in total. The number of hydrogen-bond acceptors (Lipinski definition) is 6. The summed E-state index contributed by atoms with van der Waals surface area (Å²) in [6.07, 6.45) is 1.91. The lowest BCUT2D eigenvalue weighted by Crippen LogP contribution is -2.22. The van der Waals surface area contributed by atoms with Gasteiger partial charge in [0, 0.05) is 39.9 Å². The van der Waals surface area contributed by atoms with Crippen LogP contribution in [0.4, 0.5) is 11.4 Å². The van der Waals surface area contributed by atoms with E-state index in [0.717, 1.165) is 18.1 Å². The maximum atomic E-state index is 12.9. The van der Waals surface area contributed by atoms with Crippen LogP contribution in [0.5, 0.6) is 0 Å². The van der Waals surface area contributed by atoms with Gasteiger partial charge in [-0.05, 0) is 62.6 Å². The number of nitrogens with one attached hydrogen (secondary N) is 2. The molecule has 11 heteroatoms. The summed E-state index contributed by atoms with van der Waals surface area (Å²) in [5, 5.41) is 18.7. The third kappa shape index (κ3) is 5.06. The Labute approximate surface area is 210 Å². The maximum Gasteiger partial charge on any atom is 0.291 e. The summed E-state index contributed by atoms with van der Waals surface area (Å²) in [5.74, 6) is -0.249. The van der Waals surface area contributed by atoms with Gasteiger partial charge < -0.3 is 9.73 Å². The van der Waals surface area contributed by atoms with Crippen molar-refractivity contribution in [3.05, 3.63) is 90.3 Å². The smallest absolute Gasteiger partial charge is 0.291 e. The van der Waals surface area contributed by atoms with Crippen LogP contribution >= 0.6 is 23.2 Å². The number of carbonyl (C=O) groups excluding carboxylic acids is 2. The monoisotopic (exact) mass is 514 g/mol. The number of hydrogen-bond donors (Lipinski definition) is 2. The van der Waals surface area contributed by atoms with E-state index in [1.807, 2.05) is 6.92 Å². The zero-order chi connectivity index (χ0) is 25.3. The Hall–Kier alpha value is -3.69. The van der Waals surface area contributed by atoms with Crippen LogP contribution in [0.15, 0.2) is 45.9 Å². The van der Waals surface area contributed by atoms with Crippen LogP contribution in [-0.2, 0) is 6.42 Å². The summed E-state index contributed by atoms with van der Waals surface area (Å²) < 4.78 is 5.89. The van der Waals surface area contributed by atoms with E-state index in [2.05, 4.69) is 15.8 Å². The van der Waals surface area contributed by atoms with Crippen LogP contribution in [0.25, 0.3) is 0 Å². The van der Waals surface area contributed by atoms with Crippen molar-refractivity contribution in [2.45, 2.75) is 33.1 Å². The number of aryl methyl sites for hydroxylation is 2. The van der Waals surface area contributed by atoms with Gasteiger partial charge in [-0.2, -0.15) is 5.10 Å². The van der Waals surface area contributed by atoms with Gasteiger partial charge in [0.15, 0.2) is 5.76 Å². The van der Waals surface area contributed by atoms with Crippen molar-refractivity contribution in [1.29, 1.82) is 0 Å². The zero-order valence-electron chi connectivity index (χ0n) is 18.8. The Morgan fingerprint density at radius 2 is 1.86 bits per heavy atom. The molecule has 0 spiro atoms. The van der Waals surface area contributed by atoms with Crippen molar-refractivity contribution < 1.29 is 18.9 Å². The second-order valence-corrected chi connectivity index (χ2v) is 8.89. The van der Waals surface area contributed by atoms with Gasteiger partial charge in [0.05, 0.1) is 10.6 Å². The molecule has 0 aliphatic heterocycles. The summed E-state index contributed by atoms with van der Waals surface area (Å²) in [5.41, 5.74) is 5.39. The molecule has 0 bridgehead atoms. The van der Waals surface area contributed by atoms with Crippen LogP contribution in [0, 0.1) is 24.0 Å². The molecule has 1 aliphatic carbocycles. The first-order valence-corrected chi connectivity index (χ1v) is 11.4. The fourth-order valence-corrected chi connectivity index (χ4v) is 4.33. The number of rotatable bonds is 5. The number of nitro benzene ring substituents is 1. The van der Waals surface area contributed by atoms with Gasteiger partial charge >= 0.3 is 0 Å². The lowest BCUT2D eigenvalue weighted by molar-refractivity contribution is -0.384. The molecule has 0 atom stereocenters. The molecule has 0 radical (unpaired) electrons. The first kappa shape index (κ1) is 24.4. The Kier molecular flexibility index (Phi) is 6.90. The van der Waals surface area contributed by atoms with Gasteiger partial charge in [0.25, 0.3) is 17.5 Å². The van der Waals surface area contributed by atoms with Crippen molar-refractivity contribution in [2.75, 3.05) is 5.32 Å². The largest absolute Gasteiger partial charge is 0.455 e. The molecule has 2 amide bonds. The standard InChI is InChI=1S/C24H20Cl2N4O5/c1-12-10-15(25)7-9-17(12)27-24(32)22-13(2)21-18(4-3-5-20(21)35-22)28-29-23(31)14-6-8-16(26)19(11-14)30(33)34/h6-11H,3-5H2,1-2H3,(H,27,32)(H,29,31)/b28-18+. The molecule has 3 aromatic rings. The Morgan fingerprint density at radius 1 is 1.09 bits per heavy atom. The first-order chi connectivity index (χ1) is 16.7. The molecule has 180 valence electrons. The van der Waals surface area contributed by atoms with E-state index in [1.54, 1.807) is 25.1 Å². The maximum absolute atomic E-state index is 12.9. The quantitative estimate of drug-likeness (QED) is 0.326. The molecule has 2 aromatic carbocycles. The number of benzene rings is 2. The number of nitro groups is 1. The van der Waals surface area contributed by atoms with Crippen LogP contribution in [0.1, 0.15) is 56.2 Å². The highest BCUT2D eigenvalue weighted by Gasteiger charge is 2.28. The molecule has 35 heavy (non-hydrogen) atoms. The number of hydrazone groups is 1. The van der Waals surface area contributed by atoms with Gasteiger partial charge in [-0.1, -0.05) is 23.2 Å². The fourth-order valence-electron chi connectivity index (χ4n) is 3.92.